The average Bonchev–Trinajstić information content (AvgIpc) is 2.42. The Kier molecular flexibility index (Phi) is 7.06. The minimum atomic E-state index is -0.0802. The van der Waals surface area contributed by atoms with Crippen LogP contribution in [0.3, 0.4) is 0 Å². The number of ether oxygens (including phenoxy) is 1. The van der Waals surface area contributed by atoms with Crippen molar-refractivity contribution in [1.29, 1.82) is 0 Å². The van der Waals surface area contributed by atoms with Gasteiger partial charge in [0.25, 0.3) is 0 Å². The molecule has 0 saturated heterocycles. The van der Waals surface area contributed by atoms with Crippen molar-refractivity contribution in [1.82, 2.24) is 5.32 Å². The Morgan fingerprint density at radius 3 is 2.78 bits per heavy atom. The topological polar surface area (TPSA) is 64.3 Å². The molecule has 0 bridgehead atoms. The van der Waals surface area contributed by atoms with E-state index >= 15 is 0 Å². The zero-order chi connectivity index (χ0) is 13.2. The molecule has 3 N–H and O–H groups in total. The number of hydrogen-bond donors (Lipinski definition) is 2. The normalized spacial score (nSPS) is 12.1. The van der Waals surface area contributed by atoms with Gasteiger partial charge in [0.2, 0.25) is 5.91 Å². The van der Waals surface area contributed by atoms with Crippen molar-refractivity contribution in [2.24, 2.45) is 11.7 Å². The van der Waals surface area contributed by atoms with E-state index in [2.05, 4.69) is 5.32 Å². The summed E-state index contributed by atoms with van der Waals surface area (Å²) in [6, 6.07) is 10.1. The van der Waals surface area contributed by atoms with Crippen molar-refractivity contribution in [3.63, 3.8) is 0 Å². The largest absolute Gasteiger partial charge is 0.371 e. The van der Waals surface area contributed by atoms with Crippen LogP contribution < -0.4 is 11.1 Å². The lowest BCUT2D eigenvalue weighted by Crippen LogP contribution is -2.33. The summed E-state index contributed by atoms with van der Waals surface area (Å²) in [6.07, 6.45) is 0.827. The highest BCUT2D eigenvalue weighted by atomic mass is 16.5. The summed E-state index contributed by atoms with van der Waals surface area (Å²) < 4.78 is 5.32. The molecule has 0 saturated carbocycles. The second-order valence-electron chi connectivity index (χ2n) is 4.43. The summed E-state index contributed by atoms with van der Waals surface area (Å²) in [4.78, 5) is 11.4. The number of nitrogens with one attached hydrogen (secondary N) is 1. The summed E-state index contributed by atoms with van der Waals surface area (Å²) in [6.45, 7) is 3.86. The van der Waals surface area contributed by atoms with E-state index in [1.54, 1.807) is 0 Å². The number of amides is 1. The van der Waals surface area contributed by atoms with E-state index in [1.165, 1.54) is 5.56 Å². The monoisotopic (exact) mass is 250 g/mol. The number of carbonyl (C=O) groups is 1. The third kappa shape index (κ3) is 6.37. The highest BCUT2D eigenvalue weighted by molar-refractivity contribution is 5.77. The maximum Gasteiger partial charge on any atom is 0.246 e. The van der Waals surface area contributed by atoms with Crippen LogP contribution in [-0.2, 0) is 16.0 Å². The van der Waals surface area contributed by atoms with Crippen molar-refractivity contribution in [2.45, 2.75) is 13.3 Å². The first kappa shape index (κ1) is 14.7. The zero-order valence-corrected chi connectivity index (χ0v) is 10.9. The fourth-order valence-electron chi connectivity index (χ4n) is 1.42. The molecule has 0 spiro atoms. The predicted molar refractivity (Wildman–Crippen MR) is 72.2 cm³/mol. The standard InChI is InChI=1S/C14H22N2O2/c1-12(9-15)10-16-14(17)11-18-8-7-13-5-3-2-4-6-13/h2-6,12H,7-11,15H2,1H3,(H,16,17). The van der Waals surface area contributed by atoms with E-state index in [0.717, 1.165) is 6.42 Å². The third-order valence-corrected chi connectivity index (χ3v) is 2.66. The molecule has 1 rings (SSSR count). The van der Waals surface area contributed by atoms with Gasteiger partial charge in [0.15, 0.2) is 0 Å². The molecule has 0 aliphatic carbocycles. The molecule has 4 nitrogen and oxygen atoms in total. The number of benzene rings is 1. The maximum absolute atomic E-state index is 11.4. The van der Waals surface area contributed by atoms with Crippen LogP contribution in [0.1, 0.15) is 12.5 Å². The molecule has 100 valence electrons. The van der Waals surface area contributed by atoms with Gasteiger partial charge in [-0.1, -0.05) is 37.3 Å². The lowest BCUT2D eigenvalue weighted by molar-refractivity contribution is -0.125. The van der Waals surface area contributed by atoms with Crippen molar-refractivity contribution >= 4 is 5.91 Å². The Labute approximate surface area is 109 Å². The smallest absolute Gasteiger partial charge is 0.246 e. The van der Waals surface area contributed by atoms with E-state index in [1.807, 2.05) is 37.3 Å². The summed E-state index contributed by atoms with van der Waals surface area (Å²) >= 11 is 0. The minimum absolute atomic E-state index is 0.0802. The molecule has 1 unspecified atom stereocenters. The van der Waals surface area contributed by atoms with Crippen LogP contribution in [0.5, 0.6) is 0 Å². The van der Waals surface area contributed by atoms with E-state index in [-0.39, 0.29) is 12.5 Å². The molecule has 0 fully saturated rings. The molecule has 1 aromatic rings. The first-order valence-corrected chi connectivity index (χ1v) is 6.30. The Balaban J connectivity index is 2.05. The number of carbonyl (C=O) groups excluding carboxylic acids is 1. The number of nitrogens with two attached hydrogens (primary N) is 1. The Morgan fingerprint density at radius 2 is 2.11 bits per heavy atom. The highest BCUT2D eigenvalue weighted by Crippen LogP contribution is 1.99. The summed E-state index contributed by atoms with van der Waals surface area (Å²) in [5, 5.41) is 2.79. The highest BCUT2D eigenvalue weighted by Gasteiger charge is 2.04. The first-order chi connectivity index (χ1) is 8.72. The molecule has 18 heavy (non-hydrogen) atoms. The van der Waals surface area contributed by atoms with Crippen molar-refractivity contribution in [3.05, 3.63) is 35.9 Å². The van der Waals surface area contributed by atoms with Gasteiger partial charge < -0.3 is 15.8 Å². The van der Waals surface area contributed by atoms with Gasteiger partial charge >= 0.3 is 0 Å². The van der Waals surface area contributed by atoms with Gasteiger partial charge in [0.1, 0.15) is 6.61 Å². The molecule has 1 amide bonds. The summed E-state index contributed by atoms with van der Waals surface area (Å²) in [7, 11) is 0. The van der Waals surface area contributed by atoms with Crippen LogP contribution in [0.25, 0.3) is 0 Å². The molecule has 0 aliphatic heterocycles. The lowest BCUT2D eigenvalue weighted by atomic mass is 10.2. The predicted octanol–water partition coefficient (Wildman–Crippen LogP) is 0.957. The maximum atomic E-state index is 11.4. The lowest BCUT2D eigenvalue weighted by Gasteiger charge is -2.10. The summed E-state index contributed by atoms with van der Waals surface area (Å²) in [5.41, 5.74) is 6.68. The van der Waals surface area contributed by atoms with Crippen LogP contribution in [0.4, 0.5) is 0 Å². The quantitative estimate of drug-likeness (QED) is 0.675. The average molecular weight is 250 g/mol. The van der Waals surface area contributed by atoms with E-state index in [9.17, 15) is 4.79 Å². The van der Waals surface area contributed by atoms with E-state index in [4.69, 9.17) is 10.5 Å². The van der Waals surface area contributed by atoms with Crippen molar-refractivity contribution < 1.29 is 9.53 Å². The van der Waals surface area contributed by atoms with Crippen LogP contribution >= 0.6 is 0 Å². The van der Waals surface area contributed by atoms with Gasteiger partial charge in [-0.3, -0.25) is 4.79 Å². The van der Waals surface area contributed by atoms with Gasteiger partial charge in [0.05, 0.1) is 6.61 Å². The SMILES string of the molecule is CC(CN)CNC(=O)COCCc1ccccc1. The van der Waals surface area contributed by atoms with Crippen molar-refractivity contribution in [3.8, 4) is 0 Å². The fourth-order valence-corrected chi connectivity index (χ4v) is 1.42. The van der Waals surface area contributed by atoms with E-state index < -0.39 is 0 Å². The third-order valence-electron chi connectivity index (χ3n) is 2.66. The molecular weight excluding hydrogens is 228 g/mol. The zero-order valence-electron chi connectivity index (χ0n) is 10.9. The molecule has 0 radical (unpaired) electrons. The molecule has 0 heterocycles. The van der Waals surface area contributed by atoms with E-state index in [0.29, 0.717) is 25.6 Å². The number of hydrogen-bond acceptors (Lipinski definition) is 3. The second kappa shape index (κ2) is 8.66. The van der Waals surface area contributed by atoms with Crippen LogP contribution in [-0.4, -0.2) is 32.2 Å². The molecule has 0 aliphatic rings. The molecule has 1 aromatic carbocycles. The second-order valence-corrected chi connectivity index (χ2v) is 4.43. The number of rotatable bonds is 8. The van der Waals surface area contributed by atoms with Gasteiger partial charge in [-0.2, -0.15) is 0 Å². The van der Waals surface area contributed by atoms with Gasteiger partial charge in [-0.05, 0) is 24.4 Å². The Bertz CT molecular complexity index is 341. The van der Waals surface area contributed by atoms with Crippen LogP contribution in [0.15, 0.2) is 30.3 Å². The molecule has 0 aromatic heterocycles. The Morgan fingerprint density at radius 1 is 1.39 bits per heavy atom. The Hall–Kier alpha value is -1.39. The van der Waals surface area contributed by atoms with Gasteiger partial charge in [-0.15, -0.1) is 0 Å². The van der Waals surface area contributed by atoms with Crippen LogP contribution in [0, 0.1) is 5.92 Å². The molecule has 1 atom stereocenters. The van der Waals surface area contributed by atoms with Crippen molar-refractivity contribution in [2.75, 3.05) is 26.3 Å². The van der Waals surface area contributed by atoms with Crippen LogP contribution in [0.2, 0.25) is 0 Å². The fraction of sp³-hybridized carbons (Fsp3) is 0.500. The van der Waals surface area contributed by atoms with Gasteiger partial charge in [0, 0.05) is 6.54 Å². The minimum Gasteiger partial charge on any atom is -0.371 e. The first-order valence-electron chi connectivity index (χ1n) is 6.30. The van der Waals surface area contributed by atoms with Gasteiger partial charge in [-0.25, -0.2) is 0 Å². The molecule has 4 heteroatoms. The molecular formula is C14H22N2O2. The summed E-state index contributed by atoms with van der Waals surface area (Å²) in [5.74, 6) is 0.224.